The fourth-order valence-electron chi connectivity index (χ4n) is 3.34. The summed E-state index contributed by atoms with van der Waals surface area (Å²) in [5, 5.41) is 2.89. The third-order valence-corrected chi connectivity index (χ3v) is 4.81. The molecule has 28 heavy (non-hydrogen) atoms. The Bertz CT molecular complexity index is 901. The van der Waals surface area contributed by atoms with Crippen LogP contribution in [0.3, 0.4) is 0 Å². The highest BCUT2D eigenvalue weighted by Gasteiger charge is 2.35. The monoisotopic (exact) mass is 383 g/mol. The van der Waals surface area contributed by atoms with E-state index in [0.29, 0.717) is 49.4 Å². The zero-order valence-electron chi connectivity index (χ0n) is 15.5. The summed E-state index contributed by atoms with van der Waals surface area (Å²) < 4.78 is 16.2. The standard InChI is InChI=1S/C20H21N3O5/c1-26-18-8-13(4-5-21-18)11-22-20(25)14-9-19(24)23(12-14)15-2-3-16-17(10-15)28-7-6-27-16/h2-5,8,10,14H,6-7,9,11-12H2,1H3,(H,22,25)/t14-/m1/s1. The van der Waals surface area contributed by atoms with Crippen molar-refractivity contribution in [3.63, 3.8) is 0 Å². The molecule has 8 nitrogen and oxygen atoms in total. The number of rotatable bonds is 5. The number of nitrogens with zero attached hydrogens (tertiary/aromatic N) is 2. The molecule has 146 valence electrons. The van der Waals surface area contributed by atoms with Crippen LogP contribution in [0.4, 0.5) is 5.69 Å². The molecule has 2 aliphatic heterocycles. The predicted molar refractivity (Wildman–Crippen MR) is 101 cm³/mol. The van der Waals surface area contributed by atoms with E-state index in [2.05, 4.69) is 10.3 Å². The van der Waals surface area contributed by atoms with Gasteiger partial charge in [-0.25, -0.2) is 4.98 Å². The van der Waals surface area contributed by atoms with E-state index in [1.165, 1.54) is 0 Å². The van der Waals surface area contributed by atoms with Crippen molar-refractivity contribution >= 4 is 17.5 Å². The lowest BCUT2D eigenvalue weighted by molar-refractivity contribution is -0.126. The molecule has 1 fully saturated rings. The molecule has 1 aromatic heterocycles. The Morgan fingerprint density at radius 2 is 2.07 bits per heavy atom. The van der Waals surface area contributed by atoms with Gasteiger partial charge >= 0.3 is 0 Å². The summed E-state index contributed by atoms with van der Waals surface area (Å²) in [4.78, 5) is 30.7. The number of ether oxygens (including phenoxy) is 3. The SMILES string of the molecule is COc1cc(CNC(=O)[C@@H]2CC(=O)N(c3ccc4c(c3)OCCO4)C2)ccn1. The maximum absolute atomic E-state index is 12.5. The first kappa shape index (κ1) is 18.1. The molecule has 0 aliphatic carbocycles. The largest absolute Gasteiger partial charge is 0.486 e. The molecule has 0 unspecified atom stereocenters. The van der Waals surface area contributed by atoms with Crippen LogP contribution in [0.2, 0.25) is 0 Å². The van der Waals surface area contributed by atoms with Crippen LogP contribution >= 0.6 is 0 Å². The molecule has 3 heterocycles. The van der Waals surface area contributed by atoms with E-state index in [4.69, 9.17) is 14.2 Å². The summed E-state index contributed by atoms with van der Waals surface area (Å²) >= 11 is 0. The van der Waals surface area contributed by atoms with E-state index < -0.39 is 5.92 Å². The van der Waals surface area contributed by atoms with Crippen LogP contribution in [-0.4, -0.2) is 43.7 Å². The van der Waals surface area contributed by atoms with Crippen molar-refractivity contribution in [2.24, 2.45) is 5.92 Å². The number of carbonyl (C=O) groups excluding carboxylic acids is 2. The van der Waals surface area contributed by atoms with Crippen LogP contribution in [-0.2, 0) is 16.1 Å². The zero-order chi connectivity index (χ0) is 19.5. The summed E-state index contributed by atoms with van der Waals surface area (Å²) in [7, 11) is 1.54. The fraction of sp³-hybridized carbons (Fsp3) is 0.350. The van der Waals surface area contributed by atoms with Crippen molar-refractivity contribution in [1.82, 2.24) is 10.3 Å². The van der Waals surface area contributed by atoms with Crippen LogP contribution in [0.25, 0.3) is 0 Å². The second-order valence-electron chi connectivity index (χ2n) is 6.66. The van der Waals surface area contributed by atoms with Crippen LogP contribution in [0.1, 0.15) is 12.0 Å². The molecule has 2 aromatic rings. The van der Waals surface area contributed by atoms with Crippen molar-refractivity contribution in [2.75, 3.05) is 31.8 Å². The van der Waals surface area contributed by atoms with Crippen molar-refractivity contribution in [2.45, 2.75) is 13.0 Å². The number of carbonyl (C=O) groups is 2. The number of anilines is 1. The van der Waals surface area contributed by atoms with E-state index in [-0.39, 0.29) is 18.2 Å². The summed E-state index contributed by atoms with van der Waals surface area (Å²) in [5.41, 5.74) is 1.59. The van der Waals surface area contributed by atoms with Gasteiger partial charge in [0, 0.05) is 43.5 Å². The maximum Gasteiger partial charge on any atom is 0.227 e. The minimum atomic E-state index is -0.399. The summed E-state index contributed by atoms with van der Waals surface area (Å²) in [6, 6.07) is 8.97. The van der Waals surface area contributed by atoms with Crippen LogP contribution in [0.5, 0.6) is 17.4 Å². The highest BCUT2D eigenvalue weighted by Crippen LogP contribution is 2.36. The molecule has 1 N–H and O–H groups in total. The molecular formula is C20H21N3O5. The first-order chi connectivity index (χ1) is 13.6. The Morgan fingerprint density at radius 1 is 1.25 bits per heavy atom. The summed E-state index contributed by atoms with van der Waals surface area (Å²) in [6.07, 6.45) is 1.81. The first-order valence-corrected chi connectivity index (χ1v) is 9.10. The van der Waals surface area contributed by atoms with Gasteiger partial charge in [-0.2, -0.15) is 0 Å². The number of nitrogens with one attached hydrogen (secondary N) is 1. The second-order valence-corrected chi connectivity index (χ2v) is 6.66. The second kappa shape index (κ2) is 7.75. The number of hydrogen-bond donors (Lipinski definition) is 1. The topological polar surface area (TPSA) is 90.0 Å². The van der Waals surface area contributed by atoms with Crippen molar-refractivity contribution in [3.05, 3.63) is 42.1 Å². The van der Waals surface area contributed by atoms with Gasteiger partial charge in [-0.05, 0) is 23.8 Å². The van der Waals surface area contributed by atoms with E-state index in [0.717, 1.165) is 5.56 Å². The Balaban J connectivity index is 1.39. The third kappa shape index (κ3) is 3.71. The molecule has 2 aliphatic rings. The van der Waals surface area contributed by atoms with E-state index >= 15 is 0 Å². The lowest BCUT2D eigenvalue weighted by Gasteiger charge is -2.22. The number of fused-ring (bicyclic) bond motifs is 1. The van der Waals surface area contributed by atoms with Crippen molar-refractivity contribution < 1.29 is 23.8 Å². The number of aromatic nitrogens is 1. The van der Waals surface area contributed by atoms with Crippen LogP contribution < -0.4 is 24.4 Å². The van der Waals surface area contributed by atoms with Gasteiger partial charge in [-0.15, -0.1) is 0 Å². The molecule has 2 amide bonds. The maximum atomic E-state index is 12.5. The quantitative estimate of drug-likeness (QED) is 0.842. The summed E-state index contributed by atoms with van der Waals surface area (Å²) in [5.74, 6) is 1.16. The van der Waals surface area contributed by atoms with E-state index in [9.17, 15) is 9.59 Å². The van der Waals surface area contributed by atoms with Gasteiger partial charge in [0.2, 0.25) is 17.7 Å². The minimum Gasteiger partial charge on any atom is -0.486 e. The van der Waals surface area contributed by atoms with E-state index in [1.54, 1.807) is 36.4 Å². The normalized spacial score (nSPS) is 18.1. The zero-order valence-corrected chi connectivity index (χ0v) is 15.5. The molecule has 1 aromatic carbocycles. The van der Waals surface area contributed by atoms with Crippen molar-refractivity contribution in [1.29, 1.82) is 0 Å². The lowest BCUT2D eigenvalue weighted by Crippen LogP contribution is -2.32. The first-order valence-electron chi connectivity index (χ1n) is 9.10. The summed E-state index contributed by atoms with van der Waals surface area (Å²) in [6.45, 7) is 1.69. The molecule has 4 rings (SSSR count). The Kier molecular flexibility index (Phi) is 5.01. The molecular weight excluding hydrogens is 362 g/mol. The molecule has 1 atom stereocenters. The van der Waals surface area contributed by atoms with Gasteiger partial charge in [-0.3, -0.25) is 9.59 Å². The highest BCUT2D eigenvalue weighted by molar-refractivity contribution is 6.00. The molecule has 0 spiro atoms. The molecule has 8 heteroatoms. The fourth-order valence-corrected chi connectivity index (χ4v) is 3.34. The van der Waals surface area contributed by atoms with Gasteiger partial charge in [0.05, 0.1) is 13.0 Å². The minimum absolute atomic E-state index is 0.0811. The Hall–Kier alpha value is -3.29. The van der Waals surface area contributed by atoms with Crippen LogP contribution in [0, 0.1) is 5.92 Å². The Labute approximate surface area is 162 Å². The van der Waals surface area contributed by atoms with Gasteiger partial charge < -0.3 is 24.4 Å². The number of hydrogen-bond acceptors (Lipinski definition) is 6. The predicted octanol–water partition coefficient (Wildman–Crippen LogP) is 1.53. The number of benzene rings is 1. The Morgan fingerprint density at radius 3 is 2.89 bits per heavy atom. The number of amides is 2. The van der Waals surface area contributed by atoms with Gasteiger partial charge in [0.15, 0.2) is 11.5 Å². The van der Waals surface area contributed by atoms with Gasteiger partial charge in [-0.1, -0.05) is 0 Å². The van der Waals surface area contributed by atoms with Crippen LogP contribution in [0.15, 0.2) is 36.5 Å². The lowest BCUT2D eigenvalue weighted by atomic mass is 10.1. The highest BCUT2D eigenvalue weighted by atomic mass is 16.6. The third-order valence-electron chi connectivity index (χ3n) is 4.81. The molecule has 1 saturated heterocycles. The molecule has 0 bridgehead atoms. The molecule has 0 saturated carbocycles. The number of methoxy groups -OCH3 is 1. The average Bonchev–Trinajstić information content (AvgIpc) is 3.13. The average molecular weight is 383 g/mol. The van der Waals surface area contributed by atoms with E-state index in [1.807, 2.05) is 12.1 Å². The molecule has 0 radical (unpaired) electrons. The smallest absolute Gasteiger partial charge is 0.227 e. The van der Waals surface area contributed by atoms with Crippen molar-refractivity contribution in [3.8, 4) is 17.4 Å². The van der Waals surface area contributed by atoms with Gasteiger partial charge in [0.1, 0.15) is 13.2 Å². The number of pyridine rings is 1. The van der Waals surface area contributed by atoms with Gasteiger partial charge in [0.25, 0.3) is 0 Å².